The summed E-state index contributed by atoms with van der Waals surface area (Å²) < 4.78 is 4.90. The number of phenols is 1. The van der Waals surface area contributed by atoms with E-state index in [0.717, 1.165) is 13.2 Å². The van der Waals surface area contributed by atoms with Crippen LogP contribution in [0.4, 0.5) is 0 Å². The zero-order valence-corrected chi connectivity index (χ0v) is 26.8. The maximum absolute atomic E-state index is 13.7. The van der Waals surface area contributed by atoms with Crippen LogP contribution in [-0.4, -0.2) is 88.1 Å². The number of pyridine rings is 1. The molecule has 0 saturated carbocycles. The van der Waals surface area contributed by atoms with Crippen molar-refractivity contribution in [1.29, 1.82) is 0 Å². The minimum atomic E-state index is -2.01. The number of halogens is 1. The average Bonchev–Trinajstić information content (AvgIpc) is 3.54. The van der Waals surface area contributed by atoms with Gasteiger partial charge in [0.1, 0.15) is 22.7 Å². The Hall–Kier alpha value is -5.38. The number of alkyl halides is 1. The molecular formula is C33H28ClN5O10. The molecule has 1 aromatic heterocycles. The number of aromatic amines is 1. The van der Waals surface area contributed by atoms with Crippen LogP contribution in [0, 0.1) is 10.4 Å². The molecule has 2 aromatic rings. The van der Waals surface area contributed by atoms with Gasteiger partial charge in [-0.15, -0.1) is 11.6 Å². The zero-order valence-electron chi connectivity index (χ0n) is 26.0. The van der Waals surface area contributed by atoms with Gasteiger partial charge >= 0.3 is 0 Å². The lowest BCUT2D eigenvalue weighted by Gasteiger charge is -2.35. The van der Waals surface area contributed by atoms with Gasteiger partial charge in [-0.25, -0.2) is 5.43 Å². The van der Waals surface area contributed by atoms with E-state index in [1.807, 2.05) is 16.8 Å². The Morgan fingerprint density at radius 1 is 1.04 bits per heavy atom. The molecule has 1 aliphatic heterocycles. The number of likely N-dealkylation sites (N-methyl/N-ethyl adjacent to an activating group) is 1. The number of piperazine rings is 1. The number of fused-ring (bicyclic) bond motifs is 4. The summed E-state index contributed by atoms with van der Waals surface area (Å²) >= 11 is 6.26. The van der Waals surface area contributed by atoms with Crippen molar-refractivity contribution in [3.63, 3.8) is 0 Å². The Kier molecular flexibility index (Phi) is 7.46. The van der Waals surface area contributed by atoms with Crippen molar-refractivity contribution >= 4 is 46.0 Å². The molecule has 252 valence electrons. The van der Waals surface area contributed by atoms with Gasteiger partial charge in [-0.1, -0.05) is 6.07 Å². The highest BCUT2D eigenvalue weighted by Crippen LogP contribution is 2.54. The highest BCUT2D eigenvalue weighted by atomic mass is 35.5. The molecule has 1 aromatic carbocycles. The first kappa shape index (κ1) is 32.2. The van der Waals surface area contributed by atoms with E-state index < -0.39 is 76.6 Å². The summed E-state index contributed by atoms with van der Waals surface area (Å²) in [4.78, 5) is 85.2. The molecule has 1 unspecified atom stereocenters. The molecule has 15 nitrogen and oxygen atoms in total. The number of aromatic nitrogens is 1. The molecule has 4 aliphatic carbocycles. The molecule has 0 radical (unpaired) electrons. The number of hydrogen-bond acceptors (Lipinski definition) is 13. The molecule has 2 atom stereocenters. The van der Waals surface area contributed by atoms with E-state index >= 15 is 0 Å². The molecule has 1 saturated heterocycles. The molecule has 7 rings (SSSR count). The number of benzene rings is 1. The number of rotatable bonds is 5. The van der Waals surface area contributed by atoms with E-state index in [1.165, 1.54) is 12.3 Å². The smallest absolute Gasteiger partial charge is 0.260 e. The van der Waals surface area contributed by atoms with Crippen molar-refractivity contribution < 1.29 is 24.9 Å². The van der Waals surface area contributed by atoms with Gasteiger partial charge in [-0.05, 0) is 36.9 Å². The second kappa shape index (κ2) is 11.4. The lowest BCUT2D eigenvalue weighted by molar-refractivity contribution is -0.122. The lowest BCUT2D eigenvalue weighted by Crippen LogP contribution is -2.51. The first-order valence-corrected chi connectivity index (χ1v) is 15.6. The summed E-state index contributed by atoms with van der Waals surface area (Å²) in [5.74, 6) is -3.04. The fraction of sp³-hybridized carbons (Fsp3) is 0.303. The van der Waals surface area contributed by atoms with E-state index in [4.69, 9.17) is 16.3 Å². The molecule has 5 aliphatic rings. The summed E-state index contributed by atoms with van der Waals surface area (Å²) in [7, 11) is 3.01. The number of methoxy groups -OCH3 is 1. The third-order valence-electron chi connectivity index (χ3n) is 9.69. The van der Waals surface area contributed by atoms with Crippen LogP contribution in [0.1, 0.15) is 23.2 Å². The van der Waals surface area contributed by atoms with Crippen LogP contribution in [-0.2, 0) is 16.6 Å². The van der Waals surface area contributed by atoms with Gasteiger partial charge in [0.15, 0.2) is 11.2 Å². The van der Waals surface area contributed by atoms with Crippen molar-refractivity contribution in [2.45, 2.75) is 23.8 Å². The first-order chi connectivity index (χ1) is 23.3. The van der Waals surface area contributed by atoms with Crippen molar-refractivity contribution in [2.24, 2.45) is 5.10 Å². The van der Waals surface area contributed by atoms with Gasteiger partial charge < -0.3 is 25.0 Å². The number of aliphatic hydroxyl groups excluding tert-OH is 2. The maximum Gasteiger partial charge on any atom is 0.260 e. The minimum Gasteiger partial charge on any atom is -0.510 e. The number of nitrogens with one attached hydrogen (secondary N) is 2. The topological polar surface area (TPSA) is 219 Å². The number of aliphatic hydroxyl groups is 2. The van der Waals surface area contributed by atoms with Crippen molar-refractivity contribution in [1.82, 2.24) is 20.2 Å². The molecule has 1 amide bonds. The quantitative estimate of drug-likeness (QED) is 0.0651. The Morgan fingerprint density at radius 2 is 1.73 bits per heavy atom. The van der Waals surface area contributed by atoms with Crippen LogP contribution in [0.2, 0.25) is 0 Å². The summed E-state index contributed by atoms with van der Waals surface area (Å²) in [6.07, 6.45) is 1.23. The highest BCUT2D eigenvalue weighted by Gasteiger charge is 2.53. The minimum absolute atomic E-state index is 0.0734. The molecule has 1 spiro atoms. The number of hydrazone groups is 1. The molecule has 1 fully saturated rings. The largest absolute Gasteiger partial charge is 0.510 e. The van der Waals surface area contributed by atoms with Gasteiger partial charge in [0.05, 0.1) is 57.3 Å². The molecule has 49 heavy (non-hydrogen) atoms. The van der Waals surface area contributed by atoms with Crippen LogP contribution in [0.5, 0.6) is 11.5 Å². The standard InChI is InChI=1S/C33H28ClN5O10/c1-38-5-6-39(11-18(38)34)12-19(41)37-35-10-15-8-14-7-13-3-4-33(25(13)29(45)20(14)32(48)36-15)30(46)23-24(31(33)47)28(44)22-21(27(23)43)16(40)9-17(49-2)26(22)42/h7-10,18,45-47H,3-6,11-12H2,1-2H3,(H,36,48)(H,37,41)/t18?,33-/m0/s1. The number of carbonyl (C=O) groups excluding carboxylic acids is 1. The number of amides is 1. The molecular weight excluding hydrogens is 662 g/mol. The van der Waals surface area contributed by atoms with Gasteiger partial charge in [0.2, 0.25) is 16.3 Å². The van der Waals surface area contributed by atoms with E-state index in [-0.39, 0.29) is 52.8 Å². The highest BCUT2D eigenvalue weighted by molar-refractivity contribution is 6.20. The average molecular weight is 690 g/mol. The first-order valence-electron chi connectivity index (χ1n) is 15.2. The van der Waals surface area contributed by atoms with E-state index in [0.29, 0.717) is 25.2 Å². The second-order valence-corrected chi connectivity index (χ2v) is 12.9. The van der Waals surface area contributed by atoms with E-state index in [2.05, 4.69) is 15.5 Å². The normalized spacial score (nSPS) is 20.9. The van der Waals surface area contributed by atoms with E-state index in [1.54, 1.807) is 6.07 Å². The Bertz CT molecular complexity index is 2650. The van der Waals surface area contributed by atoms with Crippen LogP contribution < -0.4 is 47.9 Å². The van der Waals surface area contributed by atoms with Gasteiger partial charge in [-0.2, -0.15) is 5.10 Å². The third kappa shape index (κ3) is 4.60. The van der Waals surface area contributed by atoms with Crippen molar-refractivity contribution in [3.8, 4) is 11.5 Å². The number of H-pyrrole nitrogens is 1. The molecule has 16 heteroatoms. The van der Waals surface area contributed by atoms with Crippen LogP contribution in [0.15, 0.2) is 47.3 Å². The fourth-order valence-electron chi connectivity index (χ4n) is 7.28. The Morgan fingerprint density at radius 3 is 2.41 bits per heavy atom. The monoisotopic (exact) mass is 689 g/mol. The van der Waals surface area contributed by atoms with Crippen LogP contribution in [0.3, 0.4) is 0 Å². The van der Waals surface area contributed by atoms with Gasteiger partial charge in [0, 0.05) is 31.3 Å². The molecule has 0 bridgehead atoms. The number of hydrogen-bond donors (Lipinski definition) is 5. The van der Waals surface area contributed by atoms with Gasteiger partial charge in [0.25, 0.3) is 11.5 Å². The maximum atomic E-state index is 13.7. The Balaban J connectivity index is 1.30. The number of nitrogens with zero attached hydrogens (tertiary/aromatic N) is 3. The zero-order chi connectivity index (χ0) is 35.1. The van der Waals surface area contributed by atoms with Crippen molar-refractivity contribution in [2.75, 3.05) is 40.3 Å². The van der Waals surface area contributed by atoms with Crippen molar-refractivity contribution in [3.05, 3.63) is 107 Å². The van der Waals surface area contributed by atoms with Gasteiger partial charge in [-0.3, -0.25) is 38.6 Å². The number of aryl methyl sites for hydroxylation is 1. The fourth-order valence-corrected chi connectivity index (χ4v) is 7.57. The number of carbonyl (C=O) groups is 1. The van der Waals surface area contributed by atoms with Crippen LogP contribution >= 0.6 is 11.6 Å². The summed E-state index contributed by atoms with van der Waals surface area (Å²) in [5, 5.41) is 35.9. The number of ether oxygens (including phenoxy) is 1. The Labute approximate surface area is 278 Å². The SMILES string of the molecule is COc1cc(=O)c2c(=O)c3c(c(=O)c=2c1=O)=C(O)[C@]1(CCc2cc4cc(C=NNC(=O)CN5CCN(C)C(Cl)C5)[nH]c(=O)c4c(O)c21)C=3O. The number of aromatic hydroxyl groups is 1. The molecule has 5 N–H and O–H groups in total. The number of phenolic OH excluding ortho intramolecular Hbond substituents is 1. The lowest BCUT2D eigenvalue weighted by atomic mass is 9.78. The summed E-state index contributed by atoms with van der Waals surface area (Å²) in [6, 6.07) is 3.84. The molecule has 2 heterocycles. The van der Waals surface area contributed by atoms with Crippen LogP contribution in [0.25, 0.3) is 22.3 Å². The third-order valence-corrected chi connectivity index (χ3v) is 10.2. The predicted molar refractivity (Wildman–Crippen MR) is 178 cm³/mol. The summed E-state index contributed by atoms with van der Waals surface area (Å²) in [6.45, 7) is 1.94. The predicted octanol–water partition coefficient (Wildman–Crippen LogP) is -2.22. The summed E-state index contributed by atoms with van der Waals surface area (Å²) in [5.41, 5.74) is -4.39. The van der Waals surface area contributed by atoms with E-state index in [9.17, 15) is 44.1 Å². The second-order valence-electron chi connectivity index (χ2n) is 12.4.